The van der Waals surface area contributed by atoms with Crippen molar-refractivity contribution < 1.29 is 13.9 Å². The molecule has 0 saturated carbocycles. The highest BCUT2D eigenvalue weighted by molar-refractivity contribution is 5.89. The SMILES string of the molecule is CCc1nnc(-c2ccc(NC(=O)NC[C@H](CC(C)C)N3CCOCC3)cc2)o1. The van der Waals surface area contributed by atoms with E-state index in [1.165, 1.54) is 0 Å². The van der Waals surface area contributed by atoms with E-state index >= 15 is 0 Å². The van der Waals surface area contributed by atoms with E-state index < -0.39 is 0 Å². The van der Waals surface area contributed by atoms with Gasteiger partial charge in [-0.25, -0.2) is 4.79 Å². The van der Waals surface area contributed by atoms with Gasteiger partial charge in [-0.3, -0.25) is 4.90 Å². The lowest BCUT2D eigenvalue weighted by Crippen LogP contribution is -2.49. The van der Waals surface area contributed by atoms with Crippen LogP contribution in [-0.2, 0) is 11.2 Å². The van der Waals surface area contributed by atoms with Crippen LogP contribution in [0, 0.1) is 5.92 Å². The molecule has 1 aliphatic heterocycles. The highest BCUT2D eigenvalue weighted by Crippen LogP contribution is 2.20. The number of benzene rings is 1. The first kappa shape index (κ1) is 21.3. The van der Waals surface area contributed by atoms with E-state index in [0.29, 0.717) is 42.4 Å². The molecular weight excluding hydrogens is 370 g/mol. The Bertz CT molecular complexity index is 769. The van der Waals surface area contributed by atoms with Crippen LogP contribution < -0.4 is 10.6 Å². The molecule has 0 radical (unpaired) electrons. The molecule has 8 heteroatoms. The van der Waals surface area contributed by atoms with Crippen molar-refractivity contribution in [2.45, 2.75) is 39.7 Å². The second kappa shape index (κ2) is 10.4. The molecule has 0 aliphatic carbocycles. The van der Waals surface area contributed by atoms with E-state index in [2.05, 4.69) is 39.6 Å². The van der Waals surface area contributed by atoms with Gasteiger partial charge < -0.3 is 19.8 Å². The van der Waals surface area contributed by atoms with Crippen LogP contribution in [0.3, 0.4) is 0 Å². The molecule has 8 nitrogen and oxygen atoms in total. The Labute approximate surface area is 172 Å². The van der Waals surface area contributed by atoms with Crippen molar-refractivity contribution in [3.05, 3.63) is 30.2 Å². The van der Waals surface area contributed by atoms with Crippen molar-refractivity contribution in [2.75, 3.05) is 38.2 Å². The number of amides is 2. The van der Waals surface area contributed by atoms with E-state index in [9.17, 15) is 4.79 Å². The molecule has 2 heterocycles. The van der Waals surface area contributed by atoms with Gasteiger partial charge in [0.2, 0.25) is 11.8 Å². The topological polar surface area (TPSA) is 92.5 Å². The lowest BCUT2D eigenvalue weighted by Gasteiger charge is -2.35. The van der Waals surface area contributed by atoms with Crippen LogP contribution in [0.25, 0.3) is 11.5 Å². The third-order valence-corrected chi connectivity index (χ3v) is 4.96. The minimum Gasteiger partial charge on any atom is -0.421 e. The van der Waals surface area contributed by atoms with Crippen LogP contribution in [0.15, 0.2) is 28.7 Å². The number of anilines is 1. The van der Waals surface area contributed by atoms with Gasteiger partial charge in [-0.05, 0) is 36.6 Å². The number of carbonyl (C=O) groups is 1. The zero-order valence-electron chi connectivity index (χ0n) is 17.5. The van der Waals surface area contributed by atoms with Crippen molar-refractivity contribution in [3.8, 4) is 11.5 Å². The van der Waals surface area contributed by atoms with Crippen molar-refractivity contribution in [1.82, 2.24) is 20.4 Å². The Balaban J connectivity index is 1.52. The van der Waals surface area contributed by atoms with E-state index in [-0.39, 0.29) is 6.03 Å². The highest BCUT2D eigenvalue weighted by Gasteiger charge is 2.22. The maximum Gasteiger partial charge on any atom is 0.319 e. The predicted octanol–water partition coefficient (Wildman–Crippen LogP) is 3.17. The summed E-state index contributed by atoms with van der Waals surface area (Å²) in [5.41, 5.74) is 1.54. The molecule has 0 bridgehead atoms. The van der Waals surface area contributed by atoms with Crippen LogP contribution in [-0.4, -0.2) is 60.0 Å². The number of carbonyl (C=O) groups excluding carboxylic acids is 1. The summed E-state index contributed by atoms with van der Waals surface area (Å²) in [7, 11) is 0. The minimum absolute atomic E-state index is 0.203. The molecule has 0 spiro atoms. The summed E-state index contributed by atoms with van der Waals surface area (Å²) < 4.78 is 11.0. The summed E-state index contributed by atoms with van der Waals surface area (Å²) >= 11 is 0. The first-order valence-electron chi connectivity index (χ1n) is 10.3. The molecule has 0 unspecified atom stereocenters. The smallest absolute Gasteiger partial charge is 0.319 e. The second-order valence-electron chi connectivity index (χ2n) is 7.70. The summed E-state index contributed by atoms with van der Waals surface area (Å²) in [6, 6.07) is 7.50. The van der Waals surface area contributed by atoms with Gasteiger partial charge in [-0.1, -0.05) is 20.8 Å². The number of ether oxygens (including phenoxy) is 1. The molecule has 158 valence electrons. The zero-order valence-corrected chi connectivity index (χ0v) is 17.5. The molecule has 2 N–H and O–H groups in total. The fourth-order valence-electron chi connectivity index (χ4n) is 3.44. The first-order chi connectivity index (χ1) is 14.0. The van der Waals surface area contributed by atoms with Gasteiger partial charge in [0.05, 0.1) is 13.2 Å². The largest absolute Gasteiger partial charge is 0.421 e. The lowest BCUT2D eigenvalue weighted by molar-refractivity contribution is 0.0130. The molecule has 1 aliphatic rings. The quantitative estimate of drug-likeness (QED) is 0.706. The number of hydrogen-bond acceptors (Lipinski definition) is 6. The van der Waals surface area contributed by atoms with Gasteiger partial charge in [0.15, 0.2) is 0 Å². The molecular formula is C21H31N5O3. The normalized spacial score (nSPS) is 16.0. The minimum atomic E-state index is -0.203. The molecule has 1 atom stereocenters. The van der Waals surface area contributed by atoms with Gasteiger partial charge in [0, 0.05) is 43.3 Å². The van der Waals surface area contributed by atoms with Crippen LogP contribution in [0.1, 0.15) is 33.1 Å². The van der Waals surface area contributed by atoms with Crippen LogP contribution in [0.2, 0.25) is 0 Å². The van der Waals surface area contributed by atoms with E-state index in [4.69, 9.17) is 9.15 Å². The second-order valence-corrected chi connectivity index (χ2v) is 7.70. The fraction of sp³-hybridized carbons (Fsp3) is 0.571. The molecule has 2 aromatic rings. The van der Waals surface area contributed by atoms with Gasteiger partial charge in [-0.15, -0.1) is 10.2 Å². The Morgan fingerprint density at radius 3 is 2.52 bits per heavy atom. The van der Waals surface area contributed by atoms with Gasteiger partial charge in [0.1, 0.15) is 0 Å². The molecule has 1 fully saturated rings. The number of rotatable bonds is 8. The van der Waals surface area contributed by atoms with E-state index in [0.717, 1.165) is 38.3 Å². The molecule has 1 aromatic heterocycles. The molecule has 3 rings (SSSR count). The Hall–Kier alpha value is -2.45. The van der Waals surface area contributed by atoms with Gasteiger partial charge in [0.25, 0.3) is 0 Å². The molecule has 1 saturated heterocycles. The molecule has 2 amide bonds. The number of hydrogen-bond donors (Lipinski definition) is 2. The number of morpholine rings is 1. The summed E-state index contributed by atoms with van der Waals surface area (Å²) in [5, 5.41) is 13.9. The average molecular weight is 402 g/mol. The number of aromatic nitrogens is 2. The Morgan fingerprint density at radius 1 is 1.17 bits per heavy atom. The Morgan fingerprint density at radius 2 is 1.90 bits per heavy atom. The molecule has 1 aromatic carbocycles. The fourth-order valence-corrected chi connectivity index (χ4v) is 3.44. The van der Waals surface area contributed by atoms with Crippen molar-refractivity contribution in [3.63, 3.8) is 0 Å². The first-order valence-corrected chi connectivity index (χ1v) is 10.3. The van der Waals surface area contributed by atoms with Crippen molar-refractivity contribution in [2.24, 2.45) is 5.92 Å². The maximum absolute atomic E-state index is 12.4. The standard InChI is InChI=1S/C21H31N5O3/c1-4-19-24-25-20(29-19)16-5-7-17(8-6-16)23-21(27)22-14-18(13-15(2)3)26-9-11-28-12-10-26/h5-8,15,18H,4,9-14H2,1-3H3,(H2,22,23,27)/t18-/m0/s1. The zero-order chi connectivity index (χ0) is 20.6. The highest BCUT2D eigenvalue weighted by atomic mass is 16.5. The van der Waals surface area contributed by atoms with Gasteiger partial charge >= 0.3 is 6.03 Å². The monoisotopic (exact) mass is 401 g/mol. The predicted molar refractivity (Wildman–Crippen MR) is 112 cm³/mol. The summed E-state index contributed by atoms with van der Waals surface area (Å²) in [6.07, 6.45) is 1.74. The molecule has 29 heavy (non-hydrogen) atoms. The van der Waals surface area contributed by atoms with Gasteiger partial charge in [-0.2, -0.15) is 0 Å². The average Bonchev–Trinajstić information content (AvgIpc) is 3.21. The van der Waals surface area contributed by atoms with Crippen LogP contribution in [0.5, 0.6) is 0 Å². The van der Waals surface area contributed by atoms with Crippen LogP contribution in [0.4, 0.5) is 10.5 Å². The third-order valence-electron chi connectivity index (χ3n) is 4.96. The van der Waals surface area contributed by atoms with E-state index in [1.807, 2.05) is 31.2 Å². The number of aryl methyl sites for hydroxylation is 1. The van der Waals surface area contributed by atoms with Crippen molar-refractivity contribution in [1.29, 1.82) is 0 Å². The van der Waals surface area contributed by atoms with Crippen molar-refractivity contribution >= 4 is 11.7 Å². The number of urea groups is 1. The van der Waals surface area contributed by atoms with E-state index in [1.54, 1.807) is 0 Å². The number of nitrogens with zero attached hydrogens (tertiary/aromatic N) is 3. The van der Waals surface area contributed by atoms with Crippen LogP contribution >= 0.6 is 0 Å². The summed E-state index contributed by atoms with van der Waals surface area (Å²) in [5.74, 6) is 1.66. The Kier molecular flexibility index (Phi) is 7.60. The lowest BCUT2D eigenvalue weighted by atomic mass is 10.0. The third kappa shape index (κ3) is 6.27. The summed E-state index contributed by atoms with van der Waals surface area (Å²) in [6.45, 7) is 10.3. The summed E-state index contributed by atoms with van der Waals surface area (Å²) in [4.78, 5) is 14.8. The maximum atomic E-state index is 12.4. The number of nitrogens with one attached hydrogen (secondary N) is 2.